The van der Waals surface area contributed by atoms with E-state index in [1.165, 1.54) is 62.7 Å². The zero-order chi connectivity index (χ0) is 13.8. The van der Waals surface area contributed by atoms with Gasteiger partial charge in [0.25, 0.3) is 0 Å². The molecule has 1 nitrogen and oxygen atoms in total. The summed E-state index contributed by atoms with van der Waals surface area (Å²) in [6, 6.07) is 9.62. The minimum atomic E-state index is 0.797. The van der Waals surface area contributed by atoms with Gasteiger partial charge < -0.3 is 0 Å². The van der Waals surface area contributed by atoms with Crippen molar-refractivity contribution in [2.24, 2.45) is 5.92 Å². The van der Waals surface area contributed by atoms with Gasteiger partial charge in [0.1, 0.15) is 0 Å². The number of piperidine rings is 1. The molecule has 1 aromatic rings. The van der Waals surface area contributed by atoms with Crippen LogP contribution in [0.3, 0.4) is 0 Å². The SMILES string of the molecule is Cc1ccc(C=CCC2CCCCN2CC2CC2)cc1. The smallest absolute Gasteiger partial charge is 0.0130 e. The Labute approximate surface area is 123 Å². The first kappa shape index (κ1) is 13.9. The highest BCUT2D eigenvalue weighted by atomic mass is 15.2. The van der Waals surface area contributed by atoms with Crippen LogP contribution in [-0.2, 0) is 0 Å². The Hall–Kier alpha value is -1.08. The Morgan fingerprint density at radius 2 is 1.90 bits per heavy atom. The molecule has 2 aliphatic rings. The number of hydrogen-bond acceptors (Lipinski definition) is 1. The van der Waals surface area contributed by atoms with Crippen LogP contribution in [0.15, 0.2) is 30.3 Å². The van der Waals surface area contributed by atoms with Crippen LogP contribution in [0, 0.1) is 12.8 Å². The molecule has 2 fully saturated rings. The molecule has 1 aliphatic heterocycles. The topological polar surface area (TPSA) is 3.24 Å². The lowest BCUT2D eigenvalue weighted by Gasteiger charge is -2.35. The first-order valence-corrected chi connectivity index (χ1v) is 8.28. The predicted octanol–water partition coefficient (Wildman–Crippen LogP) is 4.66. The molecule has 1 aromatic carbocycles. The van der Waals surface area contributed by atoms with Crippen LogP contribution < -0.4 is 0 Å². The van der Waals surface area contributed by atoms with Gasteiger partial charge in [-0.25, -0.2) is 0 Å². The van der Waals surface area contributed by atoms with Crippen molar-refractivity contribution in [2.75, 3.05) is 13.1 Å². The van der Waals surface area contributed by atoms with Crippen molar-refractivity contribution in [2.45, 2.75) is 51.5 Å². The summed E-state index contributed by atoms with van der Waals surface area (Å²) in [6.07, 6.45) is 13.1. The van der Waals surface area contributed by atoms with Gasteiger partial charge in [-0.2, -0.15) is 0 Å². The lowest BCUT2D eigenvalue weighted by Crippen LogP contribution is -2.40. The van der Waals surface area contributed by atoms with Crippen molar-refractivity contribution >= 4 is 6.08 Å². The van der Waals surface area contributed by atoms with E-state index >= 15 is 0 Å². The van der Waals surface area contributed by atoms with Crippen molar-refractivity contribution in [3.8, 4) is 0 Å². The minimum absolute atomic E-state index is 0.797. The first-order chi connectivity index (χ1) is 9.81. The van der Waals surface area contributed by atoms with Gasteiger partial charge in [-0.15, -0.1) is 0 Å². The average molecular weight is 269 g/mol. The fraction of sp³-hybridized carbons (Fsp3) is 0.579. The predicted molar refractivity (Wildman–Crippen MR) is 86.8 cm³/mol. The molecule has 3 rings (SSSR count). The summed E-state index contributed by atoms with van der Waals surface area (Å²) in [4.78, 5) is 2.76. The van der Waals surface area contributed by atoms with E-state index in [-0.39, 0.29) is 0 Å². The number of hydrogen-bond donors (Lipinski definition) is 0. The van der Waals surface area contributed by atoms with Crippen LogP contribution in [-0.4, -0.2) is 24.0 Å². The standard InChI is InChI=1S/C19H27N/c1-16-8-10-17(11-9-16)5-4-7-19-6-2-3-14-20(19)15-18-12-13-18/h4-5,8-11,18-19H,2-3,6-7,12-15H2,1H3. The second kappa shape index (κ2) is 6.58. The monoisotopic (exact) mass is 269 g/mol. The summed E-state index contributed by atoms with van der Waals surface area (Å²) in [6.45, 7) is 4.84. The minimum Gasteiger partial charge on any atom is -0.300 e. The Bertz CT molecular complexity index is 441. The summed E-state index contributed by atoms with van der Waals surface area (Å²) in [5.74, 6) is 1.02. The van der Waals surface area contributed by atoms with Crippen LogP contribution in [0.1, 0.15) is 49.7 Å². The fourth-order valence-electron chi connectivity index (χ4n) is 3.24. The van der Waals surface area contributed by atoms with E-state index in [4.69, 9.17) is 0 Å². The van der Waals surface area contributed by atoms with Gasteiger partial charge in [0, 0.05) is 12.6 Å². The van der Waals surface area contributed by atoms with E-state index in [0.717, 1.165) is 12.0 Å². The van der Waals surface area contributed by atoms with Crippen molar-refractivity contribution in [3.63, 3.8) is 0 Å². The van der Waals surface area contributed by atoms with Gasteiger partial charge in [0.2, 0.25) is 0 Å². The molecule has 1 saturated carbocycles. The molecule has 20 heavy (non-hydrogen) atoms. The molecule has 1 saturated heterocycles. The molecule has 0 N–H and O–H groups in total. The summed E-state index contributed by atoms with van der Waals surface area (Å²) >= 11 is 0. The molecule has 0 bridgehead atoms. The van der Waals surface area contributed by atoms with E-state index in [0.29, 0.717) is 0 Å². The Morgan fingerprint density at radius 1 is 1.10 bits per heavy atom. The number of aryl methyl sites for hydroxylation is 1. The van der Waals surface area contributed by atoms with Crippen LogP contribution in [0.25, 0.3) is 6.08 Å². The number of rotatable bonds is 5. The summed E-state index contributed by atoms with van der Waals surface area (Å²) in [5.41, 5.74) is 2.67. The van der Waals surface area contributed by atoms with Crippen molar-refractivity contribution < 1.29 is 0 Å². The second-order valence-corrected chi connectivity index (χ2v) is 6.64. The molecule has 1 aliphatic carbocycles. The average Bonchev–Trinajstić information content (AvgIpc) is 3.27. The Kier molecular flexibility index (Phi) is 4.57. The zero-order valence-corrected chi connectivity index (χ0v) is 12.7. The molecular formula is C19H27N. The highest BCUT2D eigenvalue weighted by molar-refractivity contribution is 5.49. The molecule has 1 heteroatoms. The molecule has 0 spiro atoms. The molecular weight excluding hydrogens is 242 g/mol. The molecule has 1 unspecified atom stereocenters. The number of benzene rings is 1. The third-order valence-electron chi connectivity index (χ3n) is 4.73. The third-order valence-corrected chi connectivity index (χ3v) is 4.73. The molecule has 0 aromatic heterocycles. The van der Waals surface area contributed by atoms with Gasteiger partial charge >= 0.3 is 0 Å². The normalized spacial score (nSPS) is 24.4. The van der Waals surface area contributed by atoms with E-state index in [2.05, 4.69) is 48.2 Å². The second-order valence-electron chi connectivity index (χ2n) is 6.64. The summed E-state index contributed by atoms with van der Waals surface area (Å²) in [7, 11) is 0. The van der Waals surface area contributed by atoms with Crippen molar-refractivity contribution in [1.82, 2.24) is 4.90 Å². The molecule has 108 valence electrons. The number of nitrogens with zero attached hydrogens (tertiary/aromatic N) is 1. The third kappa shape index (κ3) is 3.96. The summed E-state index contributed by atoms with van der Waals surface area (Å²) < 4.78 is 0. The van der Waals surface area contributed by atoms with E-state index < -0.39 is 0 Å². The Balaban J connectivity index is 1.53. The molecule has 1 atom stereocenters. The van der Waals surface area contributed by atoms with Gasteiger partial charge in [0.15, 0.2) is 0 Å². The maximum absolute atomic E-state index is 2.76. The van der Waals surface area contributed by atoms with E-state index in [9.17, 15) is 0 Å². The van der Waals surface area contributed by atoms with Gasteiger partial charge in [-0.1, -0.05) is 48.4 Å². The highest BCUT2D eigenvalue weighted by Gasteiger charge is 2.28. The fourth-order valence-corrected chi connectivity index (χ4v) is 3.24. The summed E-state index contributed by atoms with van der Waals surface area (Å²) in [5, 5.41) is 0. The molecule has 0 radical (unpaired) electrons. The van der Waals surface area contributed by atoms with Crippen LogP contribution in [0.5, 0.6) is 0 Å². The van der Waals surface area contributed by atoms with Crippen molar-refractivity contribution in [3.05, 3.63) is 41.5 Å². The van der Waals surface area contributed by atoms with Gasteiger partial charge in [0.05, 0.1) is 0 Å². The van der Waals surface area contributed by atoms with Gasteiger partial charge in [-0.05, 0) is 57.1 Å². The molecule has 1 heterocycles. The number of likely N-dealkylation sites (tertiary alicyclic amines) is 1. The first-order valence-electron chi connectivity index (χ1n) is 8.28. The molecule has 0 amide bonds. The van der Waals surface area contributed by atoms with Gasteiger partial charge in [-0.3, -0.25) is 4.90 Å². The largest absolute Gasteiger partial charge is 0.300 e. The van der Waals surface area contributed by atoms with Crippen LogP contribution in [0.4, 0.5) is 0 Å². The van der Waals surface area contributed by atoms with Crippen molar-refractivity contribution in [1.29, 1.82) is 0 Å². The lowest BCUT2D eigenvalue weighted by molar-refractivity contribution is 0.143. The Morgan fingerprint density at radius 3 is 2.65 bits per heavy atom. The maximum atomic E-state index is 2.76. The maximum Gasteiger partial charge on any atom is 0.0130 e. The highest BCUT2D eigenvalue weighted by Crippen LogP contribution is 2.32. The lowest BCUT2D eigenvalue weighted by atomic mass is 9.98. The quantitative estimate of drug-likeness (QED) is 0.751. The van der Waals surface area contributed by atoms with Crippen LogP contribution >= 0.6 is 0 Å². The van der Waals surface area contributed by atoms with Crippen LogP contribution in [0.2, 0.25) is 0 Å². The zero-order valence-electron chi connectivity index (χ0n) is 12.7. The van der Waals surface area contributed by atoms with E-state index in [1.807, 2.05) is 0 Å². The van der Waals surface area contributed by atoms with E-state index in [1.54, 1.807) is 0 Å².